The van der Waals surface area contributed by atoms with E-state index in [2.05, 4.69) is 32.5 Å². The third-order valence-electron chi connectivity index (χ3n) is 5.31. The maximum Gasteiger partial charge on any atom is 0.339 e. The summed E-state index contributed by atoms with van der Waals surface area (Å²) in [6.45, 7) is 3.23. The second-order valence-electron chi connectivity index (χ2n) is 7.38. The van der Waals surface area contributed by atoms with Gasteiger partial charge in [0.2, 0.25) is 0 Å². The number of ether oxygens (including phenoxy) is 2. The van der Waals surface area contributed by atoms with Crippen LogP contribution in [0, 0.1) is 6.92 Å². The number of nitrogens with zero attached hydrogens (tertiary/aromatic N) is 2. The van der Waals surface area contributed by atoms with Crippen LogP contribution in [0.15, 0.2) is 84.0 Å². The van der Waals surface area contributed by atoms with Crippen LogP contribution in [0.4, 0.5) is 10.5 Å². The summed E-state index contributed by atoms with van der Waals surface area (Å²) in [5.41, 5.74) is 6.32. The van der Waals surface area contributed by atoms with E-state index >= 15 is 0 Å². The fourth-order valence-electron chi connectivity index (χ4n) is 3.67. The molecule has 0 aliphatic rings. The van der Waals surface area contributed by atoms with Gasteiger partial charge in [-0.25, -0.2) is 10.2 Å². The summed E-state index contributed by atoms with van der Waals surface area (Å²) in [5, 5.41) is 7.97. The predicted octanol–water partition coefficient (Wildman–Crippen LogP) is 5.19. The van der Waals surface area contributed by atoms with Crippen LogP contribution in [0.5, 0.6) is 11.5 Å². The Morgan fingerprint density at radius 2 is 1.67 bits per heavy atom. The lowest BCUT2D eigenvalue weighted by molar-refractivity contribution is 0.252. The minimum absolute atomic E-state index is 0.397. The Morgan fingerprint density at radius 3 is 2.42 bits per heavy atom. The number of methoxy groups -OCH3 is 1. The van der Waals surface area contributed by atoms with Gasteiger partial charge in [0.15, 0.2) is 0 Å². The van der Waals surface area contributed by atoms with Gasteiger partial charge in [0, 0.05) is 27.8 Å². The molecule has 0 aliphatic carbocycles. The van der Waals surface area contributed by atoms with E-state index < -0.39 is 6.03 Å². The number of rotatable bonds is 8. The number of hydrogen-bond donors (Lipinski definition) is 2. The number of fused-ring (bicyclic) bond motifs is 1. The fourth-order valence-corrected chi connectivity index (χ4v) is 3.67. The van der Waals surface area contributed by atoms with E-state index in [4.69, 9.17) is 9.47 Å². The lowest BCUT2D eigenvalue weighted by Crippen LogP contribution is -2.24. The van der Waals surface area contributed by atoms with Crippen molar-refractivity contribution < 1.29 is 14.3 Å². The van der Waals surface area contributed by atoms with E-state index in [1.54, 1.807) is 13.3 Å². The molecule has 0 unspecified atom stereocenters. The lowest BCUT2D eigenvalue weighted by atomic mass is 10.1. The molecule has 4 rings (SSSR count). The molecule has 33 heavy (non-hydrogen) atoms. The molecule has 0 aliphatic heterocycles. The predicted molar refractivity (Wildman–Crippen MR) is 131 cm³/mol. The number of carbonyl (C=O) groups excluding carboxylic acids is 1. The molecular formula is C26H26N4O3. The highest BCUT2D eigenvalue weighted by Crippen LogP contribution is 2.25. The first-order valence-corrected chi connectivity index (χ1v) is 10.7. The van der Waals surface area contributed by atoms with Crippen molar-refractivity contribution in [3.8, 4) is 11.5 Å². The first kappa shape index (κ1) is 22.0. The van der Waals surface area contributed by atoms with Crippen LogP contribution in [0.1, 0.15) is 11.3 Å². The smallest absolute Gasteiger partial charge is 0.339 e. The van der Waals surface area contributed by atoms with Gasteiger partial charge in [-0.2, -0.15) is 5.10 Å². The van der Waals surface area contributed by atoms with Crippen LogP contribution in [0.2, 0.25) is 0 Å². The van der Waals surface area contributed by atoms with Crippen LogP contribution >= 0.6 is 0 Å². The van der Waals surface area contributed by atoms with Crippen molar-refractivity contribution >= 4 is 28.8 Å². The summed E-state index contributed by atoms with van der Waals surface area (Å²) in [6.07, 6.45) is 1.68. The van der Waals surface area contributed by atoms with Gasteiger partial charge in [0.25, 0.3) is 0 Å². The molecule has 3 aromatic carbocycles. The quantitative estimate of drug-likeness (QED) is 0.291. The summed E-state index contributed by atoms with van der Waals surface area (Å²) < 4.78 is 13.3. The average Bonchev–Trinajstić information content (AvgIpc) is 3.11. The molecule has 0 spiro atoms. The number of nitrogens with one attached hydrogen (secondary N) is 2. The van der Waals surface area contributed by atoms with Gasteiger partial charge in [-0.1, -0.05) is 36.4 Å². The summed E-state index contributed by atoms with van der Waals surface area (Å²) >= 11 is 0. The molecule has 4 aromatic rings. The molecule has 0 radical (unpaired) electrons. The van der Waals surface area contributed by atoms with E-state index in [0.29, 0.717) is 18.8 Å². The van der Waals surface area contributed by atoms with Gasteiger partial charge in [-0.05, 0) is 49.4 Å². The molecule has 0 atom stereocenters. The van der Waals surface area contributed by atoms with E-state index in [0.717, 1.165) is 33.7 Å². The number of aromatic nitrogens is 1. The van der Waals surface area contributed by atoms with E-state index in [9.17, 15) is 4.79 Å². The second-order valence-corrected chi connectivity index (χ2v) is 7.38. The molecule has 0 saturated carbocycles. The van der Waals surface area contributed by atoms with Gasteiger partial charge in [-0.3, -0.25) is 0 Å². The van der Waals surface area contributed by atoms with E-state index in [1.807, 2.05) is 73.7 Å². The molecule has 0 bridgehead atoms. The molecular weight excluding hydrogens is 416 g/mol. The number of hydrazone groups is 1. The summed E-state index contributed by atoms with van der Waals surface area (Å²) in [4.78, 5) is 12.1. The Balaban J connectivity index is 1.44. The monoisotopic (exact) mass is 442 g/mol. The number of amides is 2. The maximum absolute atomic E-state index is 12.1. The fraction of sp³-hybridized carbons (Fsp3) is 0.154. The number of para-hydroxylation sites is 2. The SMILES string of the molecule is COc1ccc(OCCn2c(C)c(/C=N/NC(=O)Nc3ccccc3)c3ccccc32)cc1. The standard InChI is InChI=1S/C26H26N4O3/c1-19-24(18-27-29-26(31)28-20-8-4-3-5-9-20)23-10-6-7-11-25(23)30(19)16-17-33-22-14-12-21(32-2)13-15-22/h3-15,18H,16-17H2,1-2H3,(H2,28,29,31)/b27-18+. The van der Waals surface area contributed by atoms with E-state index in [-0.39, 0.29) is 0 Å². The Morgan fingerprint density at radius 1 is 0.970 bits per heavy atom. The van der Waals surface area contributed by atoms with Crippen molar-refractivity contribution in [1.29, 1.82) is 0 Å². The van der Waals surface area contributed by atoms with Gasteiger partial charge >= 0.3 is 6.03 Å². The van der Waals surface area contributed by atoms with Crippen LogP contribution in [-0.4, -0.2) is 30.5 Å². The molecule has 168 valence electrons. The van der Waals surface area contributed by atoms with Crippen molar-refractivity contribution in [2.45, 2.75) is 13.5 Å². The van der Waals surface area contributed by atoms with Crippen molar-refractivity contribution in [2.24, 2.45) is 5.10 Å². The van der Waals surface area contributed by atoms with Crippen LogP contribution in [-0.2, 0) is 6.54 Å². The largest absolute Gasteiger partial charge is 0.497 e. The zero-order chi connectivity index (χ0) is 23.0. The van der Waals surface area contributed by atoms with Crippen molar-refractivity contribution in [3.63, 3.8) is 0 Å². The minimum Gasteiger partial charge on any atom is -0.497 e. The first-order chi connectivity index (χ1) is 16.2. The highest BCUT2D eigenvalue weighted by Gasteiger charge is 2.12. The molecule has 0 fully saturated rings. The second kappa shape index (κ2) is 10.4. The summed E-state index contributed by atoms with van der Waals surface area (Å²) in [6, 6.07) is 24.5. The van der Waals surface area contributed by atoms with Crippen molar-refractivity contribution in [2.75, 3.05) is 19.0 Å². The Labute approximate surface area is 192 Å². The Kier molecular flexibility index (Phi) is 6.90. The highest BCUT2D eigenvalue weighted by molar-refractivity contribution is 6.01. The lowest BCUT2D eigenvalue weighted by Gasteiger charge is -2.11. The van der Waals surface area contributed by atoms with Crippen LogP contribution < -0.4 is 20.2 Å². The van der Waals surface area contributed by atoms with Gasteiger partial charge in [0.1, 0.15) is 18.1 Å². The van der Waals surface area contributed by atoms with Gasteiger partial charge in [0.05, 0.1) is 19.9 Å². The minimum atomic E-state index is -0.397. The third-order valence-corrected chi connectivity index (χ3v) is 5.31. The molecule has 7 heteroatoms. The molecule has 2 N–H and O–H groups in total. The van der Waals surface area contributed by atoms with Gasteiger partial charge in [-0.15, -0.1) is 0 Å². The third kappa shape index (κ3) is 5.33. The molecule has 7 nitrogen and oxygen atoms in total. The number of carbonyl (C=O) groups is 1. The number of benzene rings is 3. The topological polar surface area (TPSA) is 76.9 Å². The zero-order valence-corrected chi connectivity index (χ0v) is 18.6. The summed E-state index contributed by atoms with van der Waals surface area (Å²) in [7, 11) is 1.64. The number of hydrogen-bond acceptors (Lipinski definition) is 4. The molecule has 0 saturated heterocycles. The van der Waals surface area contributed by atoms with Crippen molar-refractivity contribution in [3.05, 3.63) is 90.1 Å². The van der Waals surface area contributed by atoms with Crippen molar-refractivity contribution in [1.82, 2.24) is 9.99 Å². The zero-order valence-electron chi connectivity index (χ0n) is 18.6. The molecule has 2 amide bonds. The highest BCUT2D eigenvalue weighted by atomic mass is 16.5. The molecule has 1 aromatic heterocycles. The summed E-state index contributed by atoms with van der Waals surface area (Å²) in [5.74, 6) is 1.59. The number of urea groups is 1. The van der Waals surface area contributed by atoms with Gasteiger partial charge < -0.3 is 19.4 Å². The first-order valence-electron chi connectivity index (χ1n) is 10.7. The van der Waals surface area contributed by atoms with E-state index in [1.165, 1.54) is 0 Å². The average molecular weight is 443 g/mol. The Bertz CT molecular complexity index is 1250. The number of anilines is 1. The normalized spacial score (nSPS) is 11.0. The Hall–Kier alpha value is -4.26. The maximum atomic E-state index is 12.1. The van der Waals surface area contributed by atoms with Crippen LogP contribution in [0.25, 0.3) is 10.9 Å². The molecule has 1 heterocycles. The van der Waals surface area contributed by atoms with Crippen LogP contribution in [0.3, 0.4) is 0 Å².